The van der Waals surface area contributed by atoms with Crippen LogP contribution in [-0.4, -0.2) is 51.5 Å². The predicted octanol–water partition coefficient (Wildman–Crippen LogP) is 0.940. The average Bonchev–Trinajstić information content (AvgIpc) is 1.61. The molecule has 0 aromatic heterocycles. The van der Waals surface area contributed by atoms with Gasteiger partial charge in [0.15, 0.2) is 0 Å². The van der Waals surface area contributed by atoms with Gasteiger partial charge in [0.25, 0.3) is 0 Å². The number of hydrogen-bond donors (Lipinski definition) is 0. The van der Waals surface area contributed by atoms with Crippen molar-refractivity contribution in [2.24, 2.45) is 0 Å². The Bertz CT molecular complexity index is 17.5. The summed E-state index contributed by atoms with van der Waals surface area (Å²) in [6, 6.07) is 0. The summed E-state index contributed by atoms with van der Waals surface area (Å²) < 4.78 is 3.03. The van der Waals surface area contributed by atoms with Gasteiger partial charge in [-0.15, -0.1) is 0 Å². The van der Waals surface area contributed by atoms with Crippen LogP contribution < -0.4 is 0 Å². The Kier molecular flexibility index (Phi) is 8.95. The monoisotopic (exact) mass is 472 g/mol. The Morgan fingerprint density at radius 2 is 1.17 bits per heavy atom. The molecule has 6 heavy (non-hydrogen) atoms. The normalized spacial score (nSPS) is 9.00. The van der Waals surface area contributed by atoms with Gasteiger partial charge in [-0.2, -0.15) is 0 Å². The van der Waals surface area contributed by atoms with E-state index in [2.05, 4.69) is 0 Å². The summed E-state index contributed by atoms with van der Waals surface area (Å²) in [5.74, 6) is 0. The van der Waals surface area contributed by atoms with Crippen molar-refractivity contribution >= 4 is 51.5 Å². The molecule has 0 aromatic rings. The summed E-state index contributed by atoms with van der Waals surface area (Å²) in [6.07, 6.45) is 3.02. The third-order valence-corrected chi connectivity index (χ3v) is 3.35. The van der Waals surface area contributed by atoms with Crippen molar-refractivity contribution in [3.63, 3.8) is 0 Å². The van der Waals surface area contributed by atoms with E-state index >= 15 is 0 Å². The van der Waals surface area contributed by atoms with Crippen LogP contribution in [0.3, 0.4) is 0 Å². The Hall–Kier alpha value is 1.84. The molecule has 0 bridgehead atoms. The van der Waals surface area contributed by atoms with E-state index < -0.39 is 0 Å². The van der Waals surface area contributed by atoms with Crippen LogP contribution in [0, 0.1) is 0 Å². The first-order valence-electron chi connectivity index (χ1n) is 2.21. The van der Waals surface area contributed by atoms with Crippen molar-refractivity contribution in [1.29, 1.82) is 0 Å². The molecule has 0 saturated carbocycles. The van der Waals surface area contributed by atoms with Gasteiger partial charge in [-0.05, 0) is 0 Å². The topological polar surface area (TPSA) is 0 Å². The molecule has 0 nitrogen and oxygen atoms in total. The number of hydrogen-bond acceptors (Lipinski definition) is 0. The summed E-state index contributed by atoms with van der Waals surface area (Å²) in [4.78, 5) is 0. The molecule has 0 aliphatic rings. The van der Waals surface area contributed by atoms with Crippen LogP contribution in [-0.2, 0) is 0 Å². The van der Waals surface area contributed by atoms with E-state index in [9.17, 15) is 0 Å². The van der Waals surface area contributed by atoms with Crippen LogP contribution in [0.1, 0.15) is 12.8 Å². The van der Waals surface area contributed by atoms with E-state index in [1.807, 2.05) is 0 Å². The summed E-state index contributed by atoms with van der Waals surface area (Å²) in [5.41, 5.74) is 0. The van der Waals surface area contributed by atoms with Gasteiger partial charge in [0.05, 0.1) is 0 Å². The fraction of sp³-hybridized carbons (Fsp3) is 1.00. The molecule has 0 rings (SSSR count). The Morgan fingerprint density at radius 1 is 0.833 bits per heavy atom. The molecule has 0 saturated heterocycles. The fourth-order valence-corrected chi connectivity index (χ4v) is 2.19. The van der Waals surface area contributed by atoms with E-state index in [-0.39, 0.29) is 0 Å². The number of rotatable bonds is 3. The molecule has 0 fully saturated rings. The molecule has 0 spiro atoms. The summed E-state index contributed by atoms with van der Waals surface area (Å²) in [5, 5.41) is 0. The molecule has 0 atom stereocenters. The van der Waals surface area contributed by atoms with Crippen LogP contribution in [0.5, 0.6) is 0 Å². The predicted molar refractivity (Wildman–Crippen MR) is 30.4 cm³/mol. The van der Waals surface area contributed by atoms with E-state index in [4.69, 9.17) is 0 Å². The van der Waals surface area contributed by atoms with Crippen molar-refractivity contribution < 1.29 is 0 Å². The molecule has 0 unspecified atom stereocenters. The third-order valence-electron chi connectivity index (χ3n) is 0.604. The van der Waals surface area contributed by atoms with Crippen molar-refractivity contribution in [2.75, 3.05) is 0 Å². The second-order valence-electron chi connectivity index (χ2n) is 1.21. The van der Waals surface area contributed by atoms with Crippen molar-refractivity contribution in [3.8, 4) is 0 Å². The molecular formula is C4H8Pb2. The molecule has 0 aromatic carbocycles. The number of unbranched alkanes of at least 4 members (excludes halogenated alkanes) is 1. The van der Waals surface area contributed by atoms with Crippen molar-refractivity contribution in [3.05, 3.63) is 0 Å². The van der Waals surface area contributed by atoms with E-state index in [1.54, 1.807) is 0 Å². The van der Waals surface area contributed by atoms with Crippen LogP contribution in [0.4, 0.5) is 0 Å². The first-order valence-corrected chi connectivity index (χ1v) is 7.70. The minimum absolute atomic E-state index is 1.42. The van der Waals surface area contributed by atoms with Gasteiger partial charge in [-0.3, -0.25) is 0 Å². The molecule has 0 aliphatic carbocycles. The summed E-state index contributed by atoms with van der Waals surface area (Å²) >= 11 is 2.84. The summed E-state index contributed by atoms with van der Waals surface area (Å²) in [7, 11) is 0. The van der Waals surface area contributed by atoms with Gasteiger partial charge in [0, 0.05) is 0 Å². The molecule has 32 valence electrons. The Balaban J connectivity index is 2.34. The van der Waals surface area contributed by atoms with Gasteiger partial charge in [-0.1, -0.05) is 0 Å². The van der Waals surface area contributed by atoms with Crippen LogP contribution in [0.2, 0.25) is 7.96 Å². The quantitative estimate of drug-likeness (QED) is 0.426. The Morgan fingerprint density at radius 3 is 1.33 bits per heavy atom. The molecule has 0 N–H and O–H groups in total. The molecular weight excluding hydrogens is 462 g/mol. The zero-order valence-electron chi connectivity index (χ0n) is 3.83. The Labute approximate surface area is 71.4 Å². The molecule has 0 aliphatic heterocycles. The second kappa shape index (κ2) is 6.84. The van der Waals surface area contributed by atoms with Gasteiger partial charge < -0.3 is 0 Å². The minimum atomic E-state index is 1.42. The fourth-order valence-electron chi connectivity index (χ4n) is 0.250. The average molecular weight is 471 g/mol. The molecule has 0 amide bonds. The van der Waals surface area contributed by atoms with E-state index in [1.165, 1.54) is 72.3 Å². The molecule has 2 heteroatoms. The SMILES string of the molecule is [Pb][CH2]CC[CH2][Pb]. The first-order chi connectivity index (χ1) is 2.91. The molecule has 6 radical (unpaired) electrons. The van der Waals surface area contributed by atoms with Crippen LogP contribution in [0.25, 0.3) is 0 Å². The zero-order chi connectivity index (χ0) is 4.83. The third kappa shape index (κ3) is 5.84. The van der Waals surface area contributed by atoms with Crippen molar-refractivity contribution in [1.82, 2.24) is 0 Å². The maximum absolute atomic E-state index is 1.52. The second-order valence-corrected chi connectivity index (χ2v) is 5.09. The van der Waals surface area contributed by atoms with Crippen LogP contribution >= 0.6 is 0 Å². The van der Waals surface area contributed by atoms with Gasteiger partial charge in [-0.25, -0.2) is 0 Å². The summed E-state index contributed by atoms with van der Waals surface area (Å²) in [6.45, 7) is 0. The van der Waals surface area contributed by atoms with E-state index in [0.717, 1.165) is 0 Å². The van der Waals surface area contributed by atoms with Gasteiger partial charge >= 0.3 is 72.3 Å². The van der Waals surface area contributed by atoms with Gasteiger partial charge in [0.1, 0.15) is 0 Å². The maximum atomic E-state index is 1.52. The molecule has 0 heterocycles. The van der Waals surface area contributed by atoms with E-state index in [0.29, 0.717) is 0 Å². The van der Waals surface area contributed by atoms with Crippen molar-refractivity contribution in [2.45, 2.75) is 20.8 Å². The standard InChI is InChI=1S/C4H8.2Pb/c1-3-4-2;;/h1-4H2;;. The first kappa shape index (κ1) is 7.84. The van der Waals surface area contributed by atoms with Gasteiger partial charge in [0.2, 0.25) is 0 Å². The van der Waals surface area contributed by atoms with Crippen LogP contribution in [0.15, 0.2) is 0 Å². The zero-order valence-corrected chi connectivity index (χ0v) is 11.6.